The molecule has 1 heterocycles. The van der Waals surface area contributed by atoms with Gasteiger partial charge in [-0.15, -0.1) is 0 Å². The van der Waals surface area contributed by atoms with Crippen molar-refractivity contribution in [3.8, 4) is 0 Å². The van der Waals surface area contributed by atoms with Gasteiger partial charge in [0.05, 0.1) is 0 Å². The highest BCUT2D eigenvalue weighted by molar-refractivity contribution is 5.79. The average molecular weight is 331 g/mol. The minimum atomic E-state index is -0.00146. The molecular formula is C19H29N3O2. The lowest BCUT2D eigenvalue weighted by atomic mass is 10.0. The average Bonchev–Trinajstić information content (AvgIpc) is 2.61. The predicted octanol–water partition coefficient (Wildman–Crippen LogP) is 2.34. The van der Waals surface area contributed by atoms with E-state index in [1.165, 1.54) is 11.3 Å². The number of hydrogen-bond acceptors (Lipinski definition) is 3. The molecule has 2 rings (SSSR count). The van der Waals surface area contributed by atoms with Crippen LogP contribution >= 0.6 is 0 Å². The monoisotopic (exact) mass is 331 g/mol. The lowest BCUT2D eigenvalue weighted by molar-refractivity contribution is -0.132. The highest BCUT2D eigenvalue weighted by Gasteiger charge is 2.26. The highest BCUT2D eigenvalue weighted by Crippen LogP contribution is 2.22. The number of likely N-dealkylation sites (tertiary alicyclic amines) is 1. The first kappa shape index (κ1) is 18.3. The Balaban J connectivity index is 1.87. The van der Waals surface area contributed by atoms with Crippen molar-refractivity contribution in [2.24, 2.45) is 0 Å². The zero-order valence-electron chi connectivity index (χ0n) is 15.0. The smallest absolute Gasteiger partial charge is 0.222 e. The second-order valence-electron chi connectivity index (χ2n) is 6.61. The molecule has 0 radical (unpaired) electrons. The summed E-state index contributed by atoms with van der Waals surface area (Å²) in [7, 11) is 3.73. The van der Waals surface area contributed by atoms with E-state index < -0.39 is 0 Å². The van der Waals surface area contributed by atoms with Gasteiger partial charge >= 0.3 is 0 Å². The van der Waals surface area contributed by atoms with E-state index in [2.05, 4.69) is 48.5 Å². The first-order chi connectivity index (χ1) is 11.5. The Morgan fingerprint density at radius 2 is 1.96 bits per heavy atom. The third-order valence-electron chi connectivity index (χ3n) is 4.81. The molecule has 1 fully saturated rings. The molecule has 5 nitrogen and oxygen atoms in total. The van der Waals surface area contributed by atoms with Gasteiger partial charge in [0.25, 0.3) is 0 Å². The van der Waals surface area contributed by atoms with E-state index in [4.69, 9.17) is 0 Å². The fraction of sp³-hybridized carbons (Fsp3) is 0.579. The molecule has 1 aromatic rings. The number of aryl methyl sites for hydroxylation is 1. The lowest BCUT2D eigenvalue weighted by Gasteiger charge is -2.39. The number of carbonyl (C=O) groups excluding carboxylic acids is 2. The van der Waals surface area contributed by atoms with Crippen molar-refractivity contribution in [2.75, 3.05) is 32.1 Å². The van der Waals surface area contributed by atoms with E-state index in [9.17, 15) is 9.59 Å². The Kier molecular flexibility index (Phi) is 6.64. The van der Waals surface area contributed by atoms with Gasteiger partial charge in [0.1, 0.15) is 0 Å². The molecule has 0 bridgehead atoms. The largest absolute Gasteiger partial charge is 0.370 e. The van der Waals surface area contributed by atoms with Crippen LogP contribution in [0.3, 0.4) is 0 Å². The van der Waals surface area contributed by atoms with Gasteiger partial charge in [-0.2, -0.15) is 0 Å². The Bertz CT molecular complexity index is 556. The number of nitrogens with zero attached hydrogens (tertiary/aromatic N) is 2. The van der Waals surface area contributed by atoms with Gasteiger partial charge in [-0.05, 0) is 38.3 Å². The van der Waals surface area contributed by atoms with Crippen LogP contribution in [-0.4, -0.2) is 49.9 Å². The van der Waals surface area contributed by atoms with Crippen LogP contribution in [0.15, 0.2) is 24.3 Å². The number of rotatable bonds is 6. The molecule has 0 unspecified atom stereocenters. The fourth-order valence-electron chi connectivity index (χ4n) is 3.17. The first-order valence-corrected chi connectivity index (χ1v) is 8.79. The summed E-state index contributed by atoms with van der Waals surface area (Å²) < 4.78 is 0. The molecule has 1 aliphatic rings. The van der Waals surface area contributed by atoms with Crippen molar-refractivity contribution in [3.63, 3.8) is 0 Å². The van der Waals surface area contributed by atoms with Crippen LogP contribution in [0, 0.1) is 6.92 Å². The van der Waals surface area contributed by atoms with E-state index in [-0.39, 0.29) is 11.8 Å². The van der Waals surface area contributed by atoms with Crippen LogP contribution < -0.4 is 10.2 Å². The number of piperidine rings is 1. The van der Waals surface area contributed by atoms with Crippen molar-refractivity contribution in [3.05, 3.63) is 29.8 Å². The molecule has 1 atom stereocenters. The Labute approximate surface area is 145 Å². The molecule has 24 heavy (non-hydrogen) atoms. The number of hydrogen-bond donors (Lipinski definition) is 1. The Hall–Kier alpha value is -2.04. The number of amides is 2. The van der Waals surface area contributed by atoms with E-state index >= 15 is 0 Å². The molecule has 0 spiro atoms. The van der Waals surface area contributed by atoms with Crippen molar-refractivity contribution in [1.82, 2.24) is 10.2 Å². The Morgan fingerprint density at radius 3 is 2.62 bits per heavy atom. The van der Waals surface area contributed by atoms with Gasteiger partial charge in [0, 0.05) is 51.8 Å². The van der Waals surface area contributed by atoms with Crippen LogP contribution in [0.1, 0.15) is 37.7 Å². The molecule has 0 saturated carbocycles. The summed E-state index contributed by atoms with van der Waals surface area (Å²) in [6.07, 6.45) is 3.62. The van der Waals surface area contributed by atoms with Crippen LogP contribution in [0.2, 0.25) is 0 Å². The van der Waals surface area contributed by atoms with Gasteiger partial charge < -0.3 is 15.1 Å². The number of likely N-dealkylation sites (N-methyl/N-ethyl adjacent to an activating group) is 1. The third-order valence-corrected chi connectivity index (χ3v) is 4.81. The van der Waals surface area contributed by atoms with Gasteiger partial charge in [-0.1, -0.05) is 17.7 Å². The van der Waals surface area contributed by atoms with E-state index in [1.54, 1.807) is 7.05 Å². The van der Waals surface area contributed by atoms with Crippen LogP contribution in [0.25, 0.3) is 0 Å². The van der Waals surface area contributed by atoms with Crippen molar-refractivity contribution < 1.29 is 9.59 Å². The zero-order valence-corrected chi connectivity index (χ0v) is 15.0. The van der Waals surface area contributed by atoms with Gasteiger partial charge in [-0.25, -0.2) is 0 Å². The van der Waals surface area contributed by atoms with E-state index in [0.717, 1.165) is 25.9 Å². The lowest BCUT2D eigenvalue weighted by Crippen LogP contribution is -2.48. The van der Waals surface area contributed by atoms with Gasteiger partial charge in [0.15, 0.2) is 0 Å². The van der Waals surface area contributed by atoms with Crippen LogP contribution in [-0.2, 0) is 9.59 Å². The summed E-state index contributed by atoms with van der Waals surface area (Å²) in [4.78, 5) is 27.9. The molecule has 1 aliphatic heterocycles. The van der Waals surface area contributed by atoms with Crippen molar-refractivity contribution in [2.45, 2.75) is 45.1 Å². The number of anilines is 1. The molecule has 1 aromatic carbocycles. The molecule has 0 aliphatic carbocycles. The maximum absolute atomic E-state index is 12.4. The van der Waals surface area contributed by atoms with Crippen molar-refractivity contribution in [1.29, 1.82) is 0 Å². The van der Waals surface area contributed by atoms with Crippen LogP contribution in [0.4, 0.5) is 5.69 Å². The third kappa shape index (κ3) is 4.98. The fourth-order valence-corrected chi connectivity index (χ4v) is 3.17. The minimum Gasteiger partial charge on any atom is -0.370 e. The number of benzene rings is 1. The number of carbonyl (C=O) groups is 2. The second kappa shape index (κ2) is 8.71. The van der Waals surface area contributed by atoms with E-state index in [0.29, 0.717) is 25.3 Å². The Morgan fingerprint density at radius 1 is 1.25 bits per heavy atom. The molecule has 132 valence electrons. The topological polar surface area (TPSA) is 52.7 Å². The van der Waals surface area contributed by atoms with E-state index in [1.807, 2.05) is 4.90 Å². The van der Waals surface area contributed by atoms with Gasteiger partial charge in [0.2, 0.25) is 11.8 Å². The molecule has 1 N–H and O–H groups in total. The molecule has 5 heteroatoms. The first-order valence-electron chi connectivity index (χ1n) is 8.79. The summed E-state index contributed by atoms with van der Waals surface area (Å²) in [6, 6.07) is 8.87. The van der Waals surface area contributed by atoms with Crippen LogP contribution in [0.5, 0.6) is 0 Å². The second-order valence-corrected chi connectivity index (χ2v) is 6.61. The number of nitrogens with one attached hydrogen (secondary N) is 1. The summed E-state index contributed by atoms with van der Waals surface area (Å²) >= 11 is 0. The zero-order chi connectivity index (χ0) is 17.5. The maximum Gasteiger partial charge on any atom is 0.222 e. The summed E-state index contributed by atoms with van der Waals surface area (Å²) in [6.45, 7) is 3.68. The maximum atomic E-state index is 12.4. The van der Waals surface area contributed by atoms with Gasteiger partial charge in [-0.3, -0.25) is 9.59 Å². The highest BCUT2D eigenvalue weighted by atomic mass is 16.2. The van der Waals surface area contributed by atoms with Crippen molar-refractivity contribution >= 4 is 17.5 Å². The molecule has 0 aromatic heterocycles. The SMILES string of the molecule is CNC(=O)CCCC(=O)N1CCC[C@H](N(C)c2ccc(C)cc2)C1. The predicted molar refractivity (Wildman–Crippen MR) is 97.1 cm³/mol. The quantitative estimate of drug-likeness (QED) is 0.870. The molecule has 2 amide bonds. The molecular weight excluding hydrogens is 302 g/mol. The summed E-state index contributed by atoms with van der Waals surface area (Å²) in [5, 5.41) is 2.59. The molecule has 1 saturated heterocycles. The summed E-state index contributed by atoms with van der Waals surface area (Å²) in [5.41, 5.74) is 2.45. The summed E-state index contributed by atoms with van der Waals surface area (Å²) in [5.74, 6) is 0.166. The normalized spacial score (nSPS) is 17.5. The standard InChI is InChI=1S/C19H29N3O2/c1-15-9-11-16(12-10-15)21(3)17-6-5-13-22(14-17)19(24)8-4-7-18(23)20-2/h9-12,17H,4-8,13-14H2,1-3H3,(H,20,23)/t17-/m0/s1. The minimum absolute atomic E-state index is 0.00146.